The second kappa shape index (κ2) is 52.7. The number of fused-ring (bicyclic) bond motifs is 6. The number of hydrogen-bond donors (Lipinski definition) is 14. The van der Waals surface area contributed by atoms with Gasteiger partial charge in [0.2, 0.25) is 47.3 Å². The number of aliphatic imine (C=N–C) groups is 1. The Morgan fingerprint density at radius 2 is 1.16 bits per heavy atom. The Balaban J connectivity index is 0.000000321. The first kappa shape index (κ1) is 97.7. The number of nitrogens with two attached hydrogens (primary N) is 4. The minimum Gasteiger partial charge on any atom is -0.505 e. The summed E-state index contributed by atoms with van der Waals surface area (Å²) in [4.78, 5) is 128. The summed E-state index contributed by atoms with van der Waals surface area (Å²) in [5.41, 5.74) is 24.1. The molecule has 7 rings (SSSR count). The molecule has 2 fully saturated rings. The number of likely N-dealkylation sites (tertiary alicyclic amines) is 2. The quantitative estimate of drug-likeness (QED) is 0.0108. The fourth-order valence-electron chi connectivity index (χ4n) is 13.7. The number of aliphatic hydroxyl groups is 1. The van der Waals surface area contributed by atoms with E-state index in [1.807, 2.05) is 27.7 Å². The number of carbonyl (C=O) groups excluding carboxylic acids is 9. The van der Waals surface area contributed by atoms with Crippen molar-refractivity contribution in [1.82, 2.24) is 47.2 Å². The number of phenols is 2. The van der Waals surface area contributed by atoms with Crippen molar-refractivity contribution in [3.8, 4) is 23.0 Å². The van der Waals surface area contributed by atoms with Crippen molar-refractivity contribution < 1.29 is 95.8 Å². The van der Waals surface area contributed by atoms with Crippen molar-refractivity contribution in [3.05, 3.63) is 82.4 Å². The number of nitrogens with one attached hydrogen (secondary N) is 7. The van der Waals surface area contributed by atoms with Crippen LogP contribution in [0.1, 0.15) is 217 Å². The number of guanidine groups is 1. The number of phenolic OH excluding ortho intramolecular Hbond substituents is 2. The molecule has 1 spiro atoms. The second-order valence-electron chi connectivity index (χ2n) is 29.7. The number of aromatic hydroxyl groups is 2. The van der Waals surface area contributed by atoms with E-state index in [0.717, 1.165) is 88.6 Å². The number of halogens is 2. The molecule has 3 aromatic rings. The summed E-state index contributed by atoms with van der Waals surface area (Å²) < 4.78 is 56.2. The number of rotatable bonds is 50. The van der Waals surface area contributed by atoms with E-state index >= 15 is 0 Å². The van der Waals surface area contributed by atoms with Crippen molar-refractivity contribution >= 4 is 59.2 Å². The van der Waals surface area contributed by atoms with E-state index in [1.54, 1.807) is 29.2 Å². The number of nitrogens with zero attached hydrogens (tertiary/aromatic N) is 3. The number of hydroxylamine groups is 1. The normalized spacial score (nSPS) is 16.6. The van der Waals surface area contributed by atoms with Gasteiger partial charge in [-0.15, -0.1) is 0 Å². The first-order valence-electron chi connectivity index (χ1n) is 41.3. The zero-order valence-electron chi connectivity index (χ0n) is 68.9. The van der Waals surface area contributed by atoms with Crippen LogP contribution < -0.4 is 65.1 Å². The Morgan fingerprint density at radius 3 is 1.77 bits per heavy atom. The molecule has 0 radical (unpaired) electrons. The highest BCUT2D eigenvalue weighted by atomic mass is 19.1. The molecule has 34 heteroatoms. The highest BCUT2D eigenvalue weighted by Gasteiger charge is 2.54. The molecule has 4 heterocycles. The smallest absolute Gasteiger partial charge is 0.340 e. The lowest BCUT2D eigenvalue weighted by atomic mass is 9.77. The van der Waals surface area contributed by atoms with E-state index in [0.29, 0.717) is 175 Å². The minimum absolute atomic E-state index is 0.0160. The van der Waals surface area contributed by atoms with E-state index < -0.39 is 76.9 Å². The zero-order chi connectivity index (χ0) is 85.1. The van der Waals surface area contributed by atoms with Crippen LogP contribution in [0.5, 0.6) is 23.0 Å². The summed E-state index contributed by atoms with van der Waals surface area (Å²) in [6.45, 7) is 20.3. The highest BCUT2D eigenvalue weighted by molar-refractivity contribution is 5.98. The molecule has 9 atom stereocenters. The lowest BCUT2D eigenvalue weighted by molar-refractivity contribution is -0.148. The van der Waals surface area contributed by atoms with Gasteiger partial charge < -0.3 is 108 Å². The van der Waals surface area contributed by atoms with Gasteiger partial charge in [0.05, 0.1) is 62.4 Å². The number of hydrogen-bond acceptors (Lipinski definition) is 22. The molecule has 650 valence electrons. The van der Waals surface area contributed by atoms with E-state index in [2.05, 4.69) is 56.2 Å². The number of ether oxygens (including phenoxy) is 5. The monoisotopic (exact) mass is 1640 g/mol. The van der Waals surface area contributed by atoms with Crippen LogP contribution >= 0.6 is 0 Å². The average molecular weight is 1640 g/mol. The van der Waals surface area contributed by atoms with Crippen LogP contribution in [0.25, 0.3) is 0 Å². The number of carbonyl (C=O) groups is 9. The number of esters is 1. The number of benzene rings is 3. The molecular formula is C82H130F2N14O18. The third-order valence-electron chi connectivity index (χ3n) is 20.4. The Bertz CT molecular complexity index is 3560. The summed E-state index contributed by atoms with van der Waals surface area (Å²) >= 11 is 0. The average Bonchev–Trinajstić information content (AvgIpc) is 1.48. The Morgan fingerprint density at radius 1 is 0.612 bits per heavy atom. The third-order valence-corrected chi connectivity index (χ3v) is 20.4. The molecule has 4 aliphatic rings. The summed E-state index contributed by atoms with van der Waals surface area (Å²) in [5.74, 6) is -6.26. The van der Waals surface area contributed by atoms with Crippen LogP contribution in [-0.4, -0.2) is 225 Å². The van der Waals surface area contributed by atoms with Crippen LogP contribution in [0.15, 0.2) is 53.5 Å². The molecule has 18 N–H and O–H groups in total. The standard InChI is InChI=1S/C36H71N5O8.C26H49N9O5.C20H10F2O5/c1-6-9-11-17-30(4)34(43)38-20-14-13-19-32(41-35(44)31(5)18-12-10-7-2)36(45)39-29-33(42)37-21-15-23-46-25-27-48-28-26-47-24-16-22-40-49-8-3;1-16(8-5-13-31-26(29)30)32-22(37)19-10-6-14-34(19)25(40)20-11-7-15-35(20)24(39)18(9-3-4-12-27)33-23(38)21(28)17(2)36;21-13-5-11-17(7-15(13)23)26-18-8-16(24)14(22)6-12(18)20(11)10-4-2-1-3-9(10)19(25)27-20/h30-32,40H,6-29H2,1-5H3,(H,37,42)(H,38,43)(H,39,45)(H,41,44);16-21,36H,3-15,27-28H2,1-2H3,(H,32,37)(H,33,38)(H4,29,30,31);1-8,23-24H/t30-,31-,32-;16-,17-,18?,19+,20+,21+;/m01./s1. The van der Waals surface area contributed by atoms with Crippen molar-refractivity contribution in [2.24, 2.45) is 39.8 Å². The van der Waals surface area contributed by atoms with E-state index in [-0.39, 0.29) is 99.9 Å². The molecule has 32 nitrogen and oxygen atoms in total. The molecule has 0 bridgehead atoms. The molecule has 4 aliphatic heterocycles. The predicted molar refractivity (Wildman–Crippen MR) is 432 cm³/mol. The van der Waals surface area contributed by atoms with Crippen molar-refractivity contribution in [3.63, 3.8) is 0 Å². The molecule has 116 heavy (non-hydrogen) atoms. The lowest BCUT2D eigenvalue weighted by Crippen LogP contribution is -2.58. The van der Waals surface area contributed by atoms with E-state index in [1.165, 1.54) is 11.8 Å². The second-order valence-corrected chi connectivity index (χ2v) is 29.7. The fourth-order valence-corrected chi connectivity index (χ4v) is 13.7. The lowest BCUT2D eigenvalue weighted by Gasteiger charge is -2.36. The van der Waals surface area contributed by atoms with E-state index in [4.69, 9.17) is 51.5 Å². The maximum Gasteiger partial charge on any atom is 0.340 e. The van der Waals surface area contributed by atoms with Crippen molar-refractivity contribution in [1.29, 1.82) is 0 Å². The number of unbranched alkanes of at least 4 members (excludes halogenated alkanes) is 6. The van der Waals surface area contributed by atoms with Gasteiger partial charge in [-0.05, 0) is 148 Å². The maximum atomic E-state index is 14.2. The predicted octanol–water partition coefficient (Wildman–Crippen LogP) is 5.59. The molecule has 0 aromatic heterocycles. The summed E-state index contributed by atoms with van der Waals surface area (Å²) in [6.07, 6.45) is 15.6. The first-order valence-corrected chi connectivity index (χ1v) is 41.3. The van der Waals surface area contributed by atoms with Crippen molar-refractivity contribution in [2.45, 2.75) is 238 Å². The van der Waals surface area contributed by atoms with Crippen LogP contribution in [0.3, 0.4) is 0 Å². The van der Waals surface area contributed by atoms with Gasteiger partial charge in [0.25, 0.3) is 0 Å². The fraction of sp³-hybridized carbons (Fsp3) is 0.659. The molecule has 8 amide bonds. The molecule has 2 saturated heterocycles. The topological polar surface area (TPSA) is 477 Å². The molecule has 1 unspecified atom stereocenters. The SMILES string of the molecule is CCCCC[C@H](C)C(=O)NCCCC[C@H](NC(=O)[C@@H](C)CCCCC)C(=O)NCC(=O)NCCCOCCOCCOCCCNOCC.C[C@H](CCCN=C(N)N)NC(=O)[C@@H]1CCCN1C(=O)[C@@H]1CCCN1C(=O)C(CCCCN)NC(=O)[C@@H](N)[C@@H](C)O.O=C1OC2(c3cc(F)c(O)cc3Oc3cc(O)c(F)cc32)c2ccccc21. The summed E-state index contributed by atoms with van der Waals surface area (Å²) in [7, 11) is 0. The van der Waals surface area contributed by atoms with Gasteiger partial charge in [0, 0.05) is 88.1 Å². The minimum atomic E-state index is -1.67. The van der Waals surface area contributed by atoms with Crippen LogP contribution in [0, 0.1) is 23.5 Å². The van der Waals surface area contributed by atoms with Crippen molar-refractivity contribution in [2.75, 3.05) is 98.6 Å². The largest absolute Gasteiger partial charge is 0.505 e. The van der Waals surface area contributed by atoms with Gasteiger partial charge >= 0.3 is 5.97 Å². The molecule has 0 saturated carbocycles. The molecule has 3 aromatic carbocycles. The first-order chi connectivity index (χ1) is 55.6. The van der Waals surface area contributed by atoms with Gasteiger partial charge in [-0.1, -0.05) is 84.4 Å². The summed E-state index contributed by atoms with van der Waals surface area (Å²) in [6, 6.07) is 6.32. The number of aliphatic hydroxyl groups excluding tert-OH is 1. The van der Waals surface area contributed by atoms with Gasteiger partial charge in [-0.2, -0.15) is 0 Å². The third kappa shape index (κ3) is 31.5. The van der Waals surface area contributed by atoms with Gasteiger partial charge in [0.15, 0.2) is 34.7 Å². The number of amides is 8. The highest BCUT2D eigenvalue weighted by Crippen LogP contribution is 2.57. The zero-order valence-corrected chi connectivity index (χ0v) is 68.9. The van der Waals surface area contributed by atoms with Gasteiger partial charge in [0.1, 0.15) is 41.7 Å². The molecular weight excluding hydrogens is 1510 g/mol. The Labute approximate surface area is 680 Å². The van der Waals surface area contributed by atoms with Crippen LogP contribution in [0.4, 0.5) is 8.78 Å². The Kier molecular flexibility index (Phi) is 44.4. The maximum absolute atomic E-state index is 14.2. The summed E-state index contributed by atoms with van der Waals surface area (Å²) in [5, 5.41) is 46.2. The van der Waals surface area contributed by atoms with Gasteiger partial charge in [-0.3, -0.25) is 43.3 Å². The Hall–Kier alpha value is -8.90. The molecule has 0 aliphatic carbocycles. The van der Waals surface area contributed by atoms with E-state index in [9.17, 15) is 67.3 Å². The van der Waals surface area contributed by atoms with Crippen LogP contribution in [0.2, 0.25) is 0 Å². The van der Waals surface area contributed by atoms with Crippen LogP contribution in [-0.2, 0) is 67.7 Å². The van der Waals surface area contributed by atoms with Gasteiger partial charge in [-0.25, -0.2) is 19.1 Å².